The Bertz CT molecular complexity index is 88.7. The maximum atomic E-state index is 10.2. The van der Waals surface area contributed by atoms with Crippen molar-refractivity contribution in [3.8, 4) is 0 Å². The van der Waals surface area contributed by atoms with Crippen molar-refractivity contribution in [3.05, 3.63) is 0 Å². The third-order valence-electron chi connectivity index (χ3n) is 2.37. The molecule has 0 aliphatic carbocycles. The lowest BCUT2D eigenvalue weighted by Gasteiger charge is -2.18. The van der Waals surface area contributed by atoms with E-state index in [1.165, 1.54) is 6.42 Å². The van der Waals surface area contributed by atoms with Crippen LogP contribution in [-0.2, 0) is 4.79 Å². The fraction of sp³-hybridized carbons (Fsp3) is 0.889. The molecule has 0 aromatic rings. The first-order chi connectivity index (χ1) is 4.76. The maximum absolute atomic E-state index is 10.2. The van der Waals surface area contributed by atoms with Crippen LogP contribution in [0.2, 0.25) is 0 Å². The average Bonchev–Trinajstić information content (AvgIpc) is 1.99. The van der Waals surface area contributed by atoms with Gasteiger partial charge in [-0.25, -0.2) is 0 Å². The summed E-state index contributed by atoms with van der Waals surface area (Å²) in [6, 6.07) is 0. The van der Waals surface area contributed by atoms with Crippen molar-refractivity contribution < 1.29 is 4.79 Å². The van der Waals surface area contributed by atoms with Gasteiger partial charge in [-0.3, -0.25) is 0 Å². The summed E-state index contributed by atoms with van der Waals surface area (Å²) in [5.41, 5.74) is 0. The fourth-order valence-electron chi connectivity index (χ4n) is 1.26. The van der Waals surface area contributed by atoms with Crippen LogP contribution in [0.1, 0.15) is 40.0 Å². The molecule has 0 heterocycles. The molecule has 0 spiro atoms. The van der Waals surface area contributed by atoms with Gasteiger partial charge in [-0.1, -0.05) is 33.6 Å². The molecule has 0 saturated carbocycles. The number of carbonyl (C=O) groups excluding carboxylic acids is 1. The molecule has 0 saturated heterocycles. The van der Waals surface area contributed by atoms with Crippen molar-refractivity contribution in [2.24, 2.45) is 11.8 Å². The third-order valence-corrected chi connectivity index (χ3v) is 2.37. The van der Waals surface area contributed by atoms with Gasteiger partial charge < -0.3 is 4.79 Å². The highest BCUT2D eigenvalue weighted by molar-refractivity contribution is 5.49. The fourth-order valence-corrected chi connectivity index (χ4v) is 1.26. The van der Waals surface area contributed by atoms with Crippen LogP contribution in [0.4, 0.5) is 0 Å². The summed E-state index contributed by atoms with van der Waals surface area (Å²) in [5, 5.41) is 0. The SMILES string of the molecule is CCC(C)C(CC)CC=O. The molecule has 0 N–H and O–H groups in total. The molecule has 0 amide bonds. The van der Waals surface area contributed by atoms with Gasteiger partial charge in [-0.15, -0.1) is 0 Å². The van der Waals surface area contributed by atoms with Gasteiger partial charge in [-0.2, -0.15) is 0 Å². The molecule has 1 nitrogen and oxygen atoms in total. The van der Waals surface area contributed by atoms with E-state index in [1.807, 2.05) is 0 Å². The molecule has 0 radical (unpaired) electrons. The van der Waals surface area contributed by atoms with Gasteiger partial charge in [0.2, 0.25) is 0 Å². The lowest BCUT2D eigenvalue weighted by Crippen LogP contribution is -2.10. The van der Waals surface area contributed by atoms with Gasteiger partial charge in [-0.05, 0) is 11.8 Å². The quantitative estimate of drug-likeness (QED) is 0.539. The Kier molecular flexibility index (Phi) is 5.27. The minimum Gasteiger partial charge on any atom is -0.303 e. The maximum Gasteiger partial charge on any atom is 0.120 e. The third kappa shape index (κ3) is 3.00. The van der Waals surface area contributed by atoms with Crippen LogP contribution in [-0.4, -0.2) is 6.29 Å². The first-order valence-corrected chi connectivity index (χ1v) is 4.19. The van der Waals surface area contributed by atoms with Gasteiger partial charge in [0.15, 0.2) is 0 Å². The number of aldehydes is 1. The van der Waals surface area contributed by atoms with Crippen molar-refractivity contribution >= 4 is 6.29 Å². The predicted octanol–water partition coefficient (Wildman–Crippen LogP) is 2.65. The Balaban J connectivity index is 3.67. The second kappa shape index (κ2) is 5.45. The monoisotopic (exact) mass is 142 g/mol. The van der Waals surface area contributed by atoms with E-state index in [-0.39, 0.29) is 0 Å². The van der Waals surface area contributed by atoms with Crippen LogP contribution in [0.15, 0.2) is 0 Å². The zero-order chi connectivity index (χ0) is 7.98. The van der Waals surface area contributed by atoms with Crippen molar-refractivity contribution in [1.82, 2.24) is 0 Å². The normalized spacial score (nSPS) is 16.3. The van der Waals surface area contributed by atoms with Gasteiger partial charge in [0.1, 0.15) is 6.29 Å². The smallest absolute Gasteiger partial charge is 0.120 e. The molecule has 0 fully saturated rings. The number of hydrogen-bond acceptors (Lipinski definition) is 1. The van der Waals surface area contributed by atoms with Crippen molar-refractivity contribution in [3.63, 3.8) is 0 Å². The van der Waals surface area contributed by atoms with Gasteiger partial charge in [0.05, 0.1) is 0 Å². The number of hydrogen-bond donors (Lipinski definition) is 0. The lowest BCUT2D eigenvalue weighted by atomic mass is 9.87. The first-order valence-electron chi connectivity index (χ1n) is 4.19. The average molecular weight is 142 g/mol. The van der Waals surface area contributed by atoms with Crippen LogP contribution in [0.5, 0.6) is 0 Å². The molecule has 60 valence electrons. The number of carbonyl (C=O) groups is 1. The van der Waals surface area contributed by atoms with Crippen molar-refractivity contribution in [1.29, 1.82) is 0 Å². The van der Waals surface area contributed by atoms with E-state index in [1.54, 1.807) is 0 Å². The highest BCUT2D eigenvalue weighted by Crippen LogP contribution is 2.20. The highest BCUT2D eigenvalue weighted by atomic mass is 16.1. The lowest BCUT2D eigenvalue weighted by molar-refractivity contribution is -0.109. The molecule has 0 rings (SSSR count). The predicted molar refractivity (Wildman–Crippen MR) is 43.9 cm³/mol. The Morgan fingerprint density at radius 3 is 2.20 bits per heavy atom. The minimum absolute atomic E-state index is 0.613. The van der Waals surface area contributed by atoms with Crippen molar-refractivity contribution in [2.75, 3.05) is 0 Å². The summed E-state index contributed by atoms with van der Waals surface area (Å²) >= 11 is 0. The minimum atomic E-state index is 0.613. The summed E-state index contributed by atoms with van der Waals surface area (Å²) in [7, 11) is 0. The van der Waals surface area contributed by atoms with E-state index in [0.29, 0.717) is 11.8 Å². The Morgan fingerprint density at radius 1 is 1.30 bits per heavy atom. The summed E-state index contributed by atoms with van der Waals surface area (Å²) in [5.74, 6) is 1.32. The van der Waals surface area contributed by atoms with Gasteiger partial charge in [0.25, 0.3) is 0 Å². The van der Waals surface area contributed by atoms with E-state index >= 15 is 0 Å². The van der Waals surface area contributed by atoms with Crippen LogP contribution in [0, 0.1) is 11.8 Å². The molecule has 0 aromatic heterocycles. The molecule has 0 aromatic carbocycles. The van der Waals surface area contributed by atoms with Crippen molar-refractivity contribution in [2.45, 2.75) is 40.0 Å². The molecule has 2 atom stereocenters. The van der Waals surface area contributed by atoms with Crippen LogP contribution in [0.25, 0.3) is 0 Å². The van der Waals surface area contributed by atoms with E-state index in [4.69, 9.17) is 0 Å². The zero-order valence-corrected chi connectivity index (χ0v) is 7.26. The highest BCUT2D eigenvalue weighted by Gasteiger charge is 2.11. The van der Waals surface area contributed by atoms with E-state index in [0.717, 1.165) is 19.1 Å². The summed E-state index contributed by atoms with van der Waals surface area (Å²) < 4.78 is 0. The first kappa shape index (κ1) is 9.67. The van der Waals surface area contributed by atoms with Crippen LogP contribution >= 0.6 is 0 Å². The number of rotatable bonds is 5. The topological polar surface area (TPSA) is 17.1 Å². The summed E-state index contributed by atoms with van der Waals surface area (Å²) in [6.07, 6.45) is 4.10. The molecule has 0 aliphatic heterocycles. The van der Waals surface area contributed by atoms with Gasteiger partial charge in [0, 0.05) is 6.42 Å². The molecular formula is C9H18O. The molecule has 2 unspecified atom stereocenters. The Morgan fingerprint density at radius 2 is 1.90 bits per heavy atom. The second-order valence-corrected chi connectivity index (χ2v) is 2.96. The molecule has 10 heavy (non-hydrogen) atoms. The van der Waals surface area contributed by atoms with E-state index in [9.17, 15) is 4.79 Å². The summed E-state index contributed by atoms with van der Waals surface area (Å²) in [4.78, 5) is 10.2. The second-order valence-electron chi connectivity index (χ2n) is 2.96. The van der Waals surface area contributed by atoms with E-state index < -0.39 is 0 Å². The van der Waals surface area contributed by atoms with Gasteiger partial charge >= 0.3 is 0 Å². The molecular weight excluding hydrogens is 124 g/mol. The molecule has 1 heteroatoms. The van der Waals surface area contributed by atoms with Crippen LogP contribution in [0.3, 0.4) is 0 Å². The molecule has 0 bridgehead atoms. The standard InChI is InChI=1S/C9H18O/c1-4-8(3)9(5-2)6-7-10/h7-9H,4-6H2,1-3H3. The Labute approximate surface area is 63.8 Å². The summed E-state index contributed by atoms with van der Waals surface area (Å²) in [6.45, 7) is 6.55. The molecule has 0 aliphatic rings. The largest absolute Gasteiger partial charge is 0.303 e. The van der Waals surface area contributed by atoms with E-state index in [2.05, 4.69) is 20.8 Å². The van der Waals surface area contributed by atoms with Crippen LogP contribution < -0.4 is 0 Å². The zero-order valence-electron chi connectivity index (χ0n) is 7.26. The Hall–Kier alpha value is -0.330.